The predicted molar refractivity (Wildman–Crippen MR) is 86.4 cm³/mol. The quantitative estimate of drug-likeness (QED) is 0.546. The van der Waals surface area contributed by atoms with Crippen LogP contribution in [0, 0.1) is 17.3 Å². The average Bonchev–Trinajstić information content (AvgIpc) is 2.73. The molecule has 0 amide bonds. The van der Waals surface area contributed by atoms with E-state index in [1.54, 1.807) is 0 Å². The molecule has 1 unspecified atom stereocenters. The van der Waals surface area contributed by atoms with Crippen molar-refractivity contribution in [2.45, 2.75) is 26.7 Å². The summed E-state index contributed by atoms with van der Waals surface area (Å²) in [6, 6.07) is 0. The summed E-state index contributed by atoms with van der Waals surface area (Å²) in [4.78, 5) is 12.6. The first-order chi connectivity index (χ1) is 9.00. The van der Waals surface area contributed by atoms with Crippen LogP contribution >= 0.6 is 24.0 Å². The van der Waals surface area contributed by atoms with Gasteiger partial charge < -0.3 is 4.74 Å². The lowest BCUT2D eigenvalue weighted by Crippen LogP contribution is -2.37. The van der Waals surface area contributed by atoms with Gasteiger partial charge in [-0.2, -0.15) is 0 Å². The molecule has 0 N–H and O–H groups in total. The Morgan fingerprint density at radius 2 is 1.95 bits per heavy atom. The van der Waals surface area contributed by atoms with Gasteiger partial charge in [-0.25, -0.2) is 0 Å². The van der Waals surface area contributed by atoms with Gasteiger partial charge in [0.1, 0.15) is 5.78 Å². The molecule has 106 valence electrons. The van der Waals surface area contributed by atoms with E-state index in [9.17, 15) is 4.79 Å². The summed E-state index contributed by atoms with van der Waals surface area (Å²) in [5.74, 6) is 1.03. The van der Waals surface area contributed by atoms with E-state index < -0.39 is 5.41 Å². The normalized spacial score (nSPS) is 29.8. The number of hydrogen-bond donors (Lipinski definition) is 0. The zero-order valence-electron chi connectivity index (χ0n) is 11.7. The Balaban J connectivity index is 2.73. The Hall–Kier alpha value is -0.610. The number of allylic oxidation sites excluding steroid dienone is 2. The minimum atomic E-state index is -0.391. The van der Waals surface area contributed by atoms with Crippen LogP contribution in [0.25, 0.3) is 0 Å². The van der Waals surface area contributed by atoms with Crippen molar-refractivity contribution in [2.75, 3.05) is 12.4 Å². The van der Waals surface area contributed by atoms with Gasteiger partial charge in [0.2, 0.25) is 4.38 Å². The van der Waals surface area contributed by atoms with Gasteiger partial charge in [0, 0.05) is 5.41 Å². The largest absolute Gasteiger partial charge is 0.479 e. The molecule has 0 spiro atoms. The van der Waals surface area contributed by atoms with E-state index in [2.05, 4.69) is 13.2 Å². The van der Waals surface area contributed by atoms with Gasteiger partial charge in [-0.05, 0) is 43.8 Å². The lowest BCUT2D eigenvalue weighted by molar-refractivity contribution is -0.127. The fourth-order valence-electron chi connectivity index (χ4n) is 2.81. The number of thioether (sulfide) groups is 1. The highest BCUT2D eigenvalue weighted by Gasteiger charge is 2.48. The molecule has 4 heteroatoms. The SMILES string of the molecule is C=C[C@@H]1CC[C@H](C=C)C1(C)C(=O)CSC(=S)OCC. The maximum Gasteiger partial charge on any atom is 0.220 e. The van der Waals surface area contributed by atoms with E-state index >= 15 is 0 Å². The Bertz CT molecular complexity index is 360. The molecule has 19 heavy (non-hydrogen) atoms. The molecule has 0 radical (unpaired) electrons. The maximum atomic E-state index is 12.6. The molecule has 1 rings (SSSR count). The highest BCUT2D eigenvalue weighted by atomic mass is 32.2. The van der Waals surface area contributed by atoms with Crippen molar-refractivity contribution in [2.24, 2.45) is 17.3 Å². The molecule has 0 aliphatic heterocycles. The van der Waals surface area contributed by atoms with E-state index in [1.807, 2.05) is 26.0 Å². The van der Waals surface area contributed by atoms with E-state index in [1.165, 1.54) is 11.8 Å². The first kappa shape index (κ1) is 16.4. The minimum absolute atomic E-state index is 0.215. The molecule has 0 aromatic rings. The van der Waals surface area contributed by atoms with Crippen molar-refractivity contribution in [3.63, 3.8) is 0 Å². The number of rotatable bonds is 6. The van der Waals surface area contributed by atoms with E-state index in [0.717, 1.165) is 12.8 Å². The fourth-order valence-corrected chi connectivity index (χ4v) is 3.87. The van der Waals surface area contributed by atoms with E-state index in [-0.39, 0.29) is 17.6 Å². The van der Waals surface area contributed by atoms with Crippen molar-refractivity contribution in [1.82, 2.24) is 0 Å². The highest BCUT2D eigenvalue weighted by molar-refractivity contribution is 8.23. The number of hydrogen-bond acceptors (Lipinski definition) is 4. The number of thiocarbonyl (C=S) groups is 1. The Morgan fingerprint density at radius 3 is 2.37 bits per heavy atom. The minimum Gasteiger partial charge on any atom is -0.479 e. The monoisotopic (exact) mass is 298 g/mol. The topological polar surface area (TPSA) is 26.3 Å². The van der Waals surface area contributed by atoms with Crippen LogP contribution in [0.3, 0.4) is 0 Å². The lowest BCUT2D eigenvalue weighted by Gasteiger charge is -2.32. The Labute approximate surface area is 125 Å². The molecular weight excluding hydrogens is 276 g/mol. The van der Waals surface area contributed by atoms with Crippen molar-refractivity contribution in [1.29, 1.82) is 0 Å². The number of ether oxygens (including phenoxy) is 1. The maximum absolute atomic E-state index is 12.6. The molecule has 0 aromatic carbocycles. The van der Waals surface area contributed by atoms with Gasteiger partial charge in [0.15, 0.2) is 0 Å². The van der Waals surface area contributed by atoms with Crippen molar-refractivity contribution in [3.8, 4) is 0 Å². The summed E-state index contributed by atoms with van der Waals surface area (Å²) in [7, 11) is 0. The van der Waals surface area contributed by atoms with Crippen LogP contribution in [0.4, 0.5) is 0 Å². The molecule has 1 saturated carbocycles. The second-order valence-corrected chi connectivity index (χ2v) is 6.52. The second-order valence-electron chi connectivity index (χ2n) is 4.94. The molecule has 1 aliphatic rings. The van der Waals surface area contributed by atoms with Crippen LogP contribution in [0.5, 0.6) is 0 Å². The Morgan fingerprint density at radius 1 is 1.42 bits per heavy atom. The van der Waals surface area contributed by atoms with Gasteiger partial charge in [-0.1, -0.05) is 30.8 Å². The fraction of sp³-hybridized carbons (Fsp3) is 0.600. The molecule has 1 aliphatic carbocycles. The summed E-state index contributed by atoms with van der Waals surface area (Å²) >= 11 is 6.36. The summed E-state index contributed by atoms with van der Waals surface area (Å²) in [6.45, 7) is 12.2. The van der Waals surface area contributed by atoms with Crippen molar-refractivity contribution in [3.05, 3.63) is 25.3 Å². The number of Topliss-reactive ketones (excluding diaryl/α,β-unsaturated/α-hetero) is 1. The highest BCUT2D eigenvalue weighted by Crippen LogP contribution is 2.49. The number of carbonyl (C=O) groups excluding carboxylic acids is 1. The summed E-state index contributed by atoms with van der Waals surface area (Å²) < 4.78 is 5.64. The van der Waals surface area contributed by atoms with E-state index in [0.29, 0.717) is 16.7 Å². The van der Waals surface area contributed by atoms with Crippen molar-refractivity contribution >= 4 is 34.1 Å². The molecular formula is C15H22O2S2. The first-order valence-corrected chi connectivity index (χ1v) is 7.98. The summed E-state index contributed by atoms with van der Waals surface area (Å²) in [6.07, 6.45) is 5.83. The molecule has 0 heterocycles. The summed E-state index contributed by atoms with van der Waals surface area (Å²) in [5.41, 5.74) is -0.391. The zero-order chi connectivity index (χ0) is 14.5. The average molecular weight is 298 g/mol. The summed E-state index contributed by atoms with van der Waals surface area (Å²) in [5, 5.41) is 0. The third kappa shape index (κ3) is 3.48. The number of ketones is 1. The lowest BCUT2D eigenvalue weighted by atomic mass is 9.71. The van der Waals surface area contributed by atoms with Crippen LogP contribution < -0.4 is 0 Å². The van der Waals surface area contributed by atoms with Gasteiger partial charge >= 0.3 is 0 Å². The van der Waals surface area contributed by atoms with Gasteiger partial charge in [0.05, 0.1) is 12.4 Å². The molecule has 0 saturated heterocycles. The molecule has 2 nitrogen and oxygen atoms in total. The number of carbonyl (C=O) groups is 1. The van der Waals surface area contributed by atoms with Crippen molar-refractivity contribution < 1.29 is 9.53 Å². The molecule has 0 bridgehead atoms. The van der Waals surface area contributed by atoms with Crippen LogP contribution in [0.15, 0.2) is 25.3 Å². The molecule has 1 fully saturated rings. The zero-order valence-corrected chi connectivity index (χ0v) is 13.3. The third-order valence-corrected chi connectivity index (χ3v) is 5.31. The van der Waals surface area contributed by atoms with Crippen LogP contribution in [0.2, 0.25) is 0 Å². The first-order valence-electron chi connectivity index (χ1n) is 6.58. The predicted octanol–water partition coefficient (Wildman–Crippen LogP) is 4.01. The Kier molecular flexibility index (Phi) is 6.27. The van der Waals surface area contributed by atoms with Crippen LogP contribution in [-0.2, 0) is 9.53 Å². The molecule has 3 atom stereocenters. The standard InChI is InChI=1S/C15H22O2S2/c1-5-11-8-9-12(6-2)15(11,4)13(16)10-19-14(18)17-7-3/h5-6,11-12H,1-2,7-10H2,3-4H3/t11-,12+,15?. The second kappa shape index (κ2) is 7.25. The van der Waals surface area contributed by atoms with Crippen LogP contribution in [0.1, 0.15) is 26.7 Å². The smallest absolute Gasteiger partial charge is 0.220 e. The van der Waals surface area contributed by atoms with Gasteiger partial charge in [0.25, 0.3) is 0 Å². The van der Waals surface area contributed by atoms with Crippen LogP contribution in [-0.4, -0.2) is 22.5 Å². The third-order valence-electron chi connectivity index (χ3n) is 4.08. The van der Waals surface area contributed by atoms with Gasteiger partial charge in [-0.15, -0.1) is 13.2 Å². The van der Waals surface area contributed by atoms with Gasteiger partial charge in [-0.3, -0.25) is 4.79 Å². The van der Waals surface area contributed by atoms with E-state index in [4.69, 9.17) is 17.0 Å². The molecule has 0 aromatic heterocycles.